The van der Waals surface area contributed by atoms with Crippen LogP contribution in [0.2, 0.25) is 0 Å². The SMILES string of the molecule is C#CCC1=C(C)[C@@H](OC(=O)C2C(C=C(C)C)C2(C)C)CC1=O.CCCCCCC. The molecule has 0 aromatic rings. The van der Waals surface area contributed by atoms with Gasteiger partial charge in [-0.2, -0.15) is 0 Å². The highest BCUT2D eigenvalue weighted by Gasteiger charge is 2.61. The maximum atomic E-state index is 12.5. The van der Waals surface area contributed by atoms with E-state index in [0.717, 1.165) is 5.57 Å². The van der Waals surface area contributed by atoms with Gasteiger partial charge in [-0.1, -0.05) is 71.4 Å². The zero-order chi connectivity index (χ0) is 22.2. The Morgan fingerprint density at radius 3 is 2.28 bits per heavy atom. The van der Waals surface area contributed by atoms with E-state index in [1.807, 2.05) is 20.8 Å². The molecule has 0 heterocycles. The van der Waals surface area contributed by atoms with Gasteiger partial charge in [-0.3, -0.25) is 9.59 Å². The summed E-state index contributed by atoms with van der Waals surface area (Å²) in [7, 11) is 0. The van der Waals surface area contributed by atoms with Gasteiger partial charge in [-0.25, -0.2) is 0 Å². The minimum absolute atomic E-state index is 0.00385. The number of esters is 1. The average Bonchev–Trinajstić information content (AvgIpc) is 3.07. The Kier molecular flexibility index (Phi) is 9.90. The second kappa shape index (κ2) is 11.4. The molecular weight excluding hydrogens is 360 g/mol. The van der Waals surface area contributed by atoms with E-state index in [4.69, 9.17) is 11.2 Å². The van der Waals surface area contributed by atoms with E-state index in [-0.39, 0.29) is 35.4 Å². The van der Waals surface area contributed by atoms with Crippen molar-refractivity contribution >= 4 is 11.8 Å². The first-order chi connectivity index (χ1) is 13.6. The molecule has 162 valence electrons. The zero-order valence-corrected chi connectivity index (χ0v) is 19.6. The first-order valence-corrected chi connectivity index (χ1v) is 11.1. The second-order valence-electron chi connectivity index (χ2n) is 9.22. The van der Waals surface area contributed by atoms with Crippen molar-refractivity contribution in [3.8, 4) is 12.3 Å². The molecule has 0 radical (unpaired) electrons. The van der Waals surface area contributed by atoms with E-state index >= 15 is 0 Å². The molecule has 2 aliphatic carbocycles. The number of hydrogen-bond acceptors (Lipinski definition) is 3. The second-order valence-corrected chi connectivity index (χ2v) is 9.22. The average molecular weight is 401 g/mol. The highest BCUT2D eigenvalue weighted by molar-refractivity contribution is 6.00. The number of hydrogen-bond donors (Lipinski definition) is 0. The van der Waals surface area contributed by atoms with Gasteiger partial charge in [0.15, 0.2) is 5.78 Å². The normalized spacial score (nSPS) is 24.3. The third kappa shape index (κ3) is 6.88. The Bertz CT molecular complexity index is 679. The fraction of sp³-hybridized carbons (Fsp3) is 0.692. The molecule has 1 saturated carbocycles. The quantitative estimate of drug-likeness (QED) is 0.204. The molecule has 2 rings (SSSR count). The van der Waals surface area contributed by atoms with Gasteiger partial charge in [0, 0.05) is 12.0 Å². The number of ether oxygens (including phenoxy) is 1. The Morgan fingerprint density at radius 2 is 1.79 bits per heavy atom. The summed E-state index contributed by atoms with van der Waals surface area (Å²) in [6.07, 6.45) is 14.5. The van der Waals surface area contributed by atoms with Gasteiger partial charge < -0.3 is 4.74 Å². The van der Waals surface area contributed by atoms with Gasteiger partial charge in [0.25, 0.3) is 0 Å². The van der Waals surface area contributed by atoms with Gasteiger partial charge in [-0.05, 0) is 37.7 Å². The maximum Gasteiger partial charge on any atom is 0.310 e. The Balaban J connectivity index is 0.000000516. The molecule has 0 aliphatic heterocycles. The Labute approximate surface area is 178 Å². The number of unbranched alkanes of at least 4 members (excludes halogenated alkanes) is 4. The first-order valence-electron chi connectivity index (χ1n) is 11.1. The van der Waals surface area contributed by atoms with Crippen LogP contribution in [0.3, 0.4) is 0 Å². The van der Waals surface area contributed by atoms with Crippen LogP contribution < -0.4 is 0 Å². The third-order valence-corrected chi connectivity index (χ3v) is 6.09. The van der Waals surface area contributed by atoms with Crippen LogP contribution in [0.5, 0.6) is 0 Å². The van der Waals surface area contributed by atoms with Crippen LogP contribution in [0.15, 0.2) is 22.8 Å². The maximum absolute atomic E-state index is 12.5. The molecule has 1 fully saturated rings. The molecule has 2 aliphatic rings. The summed E-state index contributed by atoms with van der Waals surface area (Å²) in [5, 5.41) is 0. The fourth-order valence-electron chi connectivity index (χ4n) is 4.02. The van der Waals surface area contributed by atoms with Crippen LogP contribution in [0.25, 0.3) is 0 Å². The molecule has 2 unspecified atom stereocenters. The molecule has 0 aromatic carbocycles. The lowest BCUT2D eigenvalue weighted by molar-refractivity contribution is -0.150. The van der Waals surface area contributed by atoms with E-state index in [9.17, 15) is 9.59 Å². The molecule has 0 N–H and O–H groups in total. The van der Waals surface area contributed by atoms with Crippen molar-refractivity contribution in [3.63, 3.8) is 0 Å². The van der Waals surface area contributed by atoms with E-state index in [0.29, 0.717) is 12.0 Å². The zero-order valence-electron chi connectivity index (χ0n) is 19.6. The van der Waals surface area contributed by atoms with Crippen molar-refractivity contribution < 1.29 is 14.3 Å². The standard InChI is InChI=1S/C19H24O3.C7H16/c1-7-8-13-12(4)16(10-15(13)20)22-18(21)17-14(9-11(2)3)19(17,5)6;1-3-5-7-6-4-2/h1,9,14,16-17H,8,10H2,2-6H3;3-7H2,1-2H3/t14?,16-,17?;/m0./s1. The number of carbonyl (C=O) groups is 2. The smallest absolute Gasteiger partial charge is 0.310 e. The number of Topliss-reactive ketones (excluding diaryl/α,β-unsaturated/α-hetero) is 1. The van der Waals surface area contributed by atoms with Crippen LogP contribution in [-0.2, 0) is 14.3 Å². The summed E-state index contributed by atoms with van der Waals surface area (Å²) in [4.78, 5) is 24.4. The summed E-state index contributed by atoms with van der Waals surface area (Å²) in [6.45, 7) is 14.5. The van der Waals surface area contributed by atoms with Crippen molar-refractivity contribution in [1.29, 1.82) is 0 Å². The number of ketones is 1. The highest BCUT2D eigenvalue weighted by Crippen LogP contribution is 2.60. The number of rotatable bonds is 8. The lowest BCUT2D eigenvalue weighted by atomic mass is 10.1. The molecule has 0 spiro atoms. The molecule has 3 atom stereocenters. The number of terminal acetylenes is 1. The minimum Gasteiger partial charge on any atom is -0.457 e. The van der Waals surface area contributed by atoms with E-state index in [2.05, 4.69) is 39.7 Å². The van der Waals surface area contributed by atoms with Crippen molar-refractivity contribution in [2.75, 3.05) is 0 Å². The summed E-state index contributed by atoms with van der Waals surface area (Å²) < 4.78 is 5.63. The van der Waals surface area contributed by atoms with Crippen LogP contribution in [0, 0.1) is 29.6 Å². The van der Waals surface area contributed by atoms with Gasteiger partial charge in [0.05, 0.1) is 12.3 Å². The molecule has 0 amide bonds. The number of carbonyl (C=O) groups excluding carboxylic acids is 2. The minimum atomic E-state index is -0.438. The van der Waals surface area contributed by atoms with Crippen LogP contribution in [0.4, 0.5) is 0 Å². The van der Waals surface area contributed by atoms with E-state index in [1.165, 1.54) is 37.7 Å². The van der Waals surface area contributed by atoms with Crippen LogP contribution in [0.1, 0.15) is 93.4 Å². The predicted molar refractivity (Wildman–Crippen MR) is 120 cm³/mol. The van der Waals surface area contributed by atoms with Crippen LogP contribution in [-0.4, -0.2) is 17.9 Å². The monoisotopic (exact) mass is 400 g/mol. The van der Waals surface area contributed by atoms with Crippen molar-refractivity contribution in [2.24, 2.45) is 17.3 Å². The van der Waals surface area contributed by atoms with Crippen molar-refractivity contribution in [2.45, 2.75) is 99.5 Å². The summed E-state index contributed by atoms with van der Waals surface area (Å²) in [6, 6.07) is 0. The molecule has 29 heavy (non-hydrogen) atoms. The molecule has 0 saturated heterocycles. The first kappa shape index (κ1) is 25.2. The van der Waals surface area contributed by atoms with Gasteiger partial charge >= 0.3 is 5.97 Å². The molecule has 0 bridgehead atoms. The lowest BCUT2D eigenvalue weighted by Crippen LogP contribution is -2.20. The van der Waals surface area contributed by atoms with Gasteiger partial charge in [-0.15, -0.1) is 12.3 Å². The summed E-state index contributed by atoms with van der Waals surface area (Å²) >= 11 is 0. The third-order valence-electron chi connectivity index (χ3n) is 6.09. The largest absolute Gasteiger partial charge is 0.457 e. The van der Waals surface area contributed by atoms with E-state index in [1.54, 1.807) is 0 Å². The molecular formula is C26H40O3. The lowest BCUT2D eigenvalue weighted by Gasteiger charge is -2.13. The van der Waals surface area contributed by atoms with Crippen molar-refractivity contribution in [1.82, 2.24) is 0 Å². The molecule has 3 heteroatoms. The topological polar surface area (TPSA) is 43.4 Å². The van der Waals surface area contributed by atoms with Gasteiger partial charge in [0.2, 0.25) is 0 Å². The van der Waals surface area contributed by atoms with Crippen LogP contribution >= 0.6 is 0 Å². The highest BCUT2D eigenvalue weighted by atomic mass is 16.5. The summed E-state index contributed by atoms with van der Waals surface area (Å²) in [5.74, 6) is 2.39. The molecule has 0 aromatic heterocycles. The number of allylic oxidation sites excluding steroid dienone is 3. The van der Waals surface area contributed by atoms with Crippen molar-refractivity contribution in [3.05, 3.63) is 22.8 Å². The Morgan fingerprint density at radius 1 is 1.21 bits per heavy atom. The Hall–Kier alpha value is -1.82. The van der Waals surface area contributed by atoms with E-state index < -0.39 is 6.10 Å². The fourth-order valence-corrected chi connectivity index (χ4v) is 4.02. The summed E-state index contributed by atoms with van der Waals surface area (Å²) in [5.41, 5.74) is 2.58. The van der Waals surface area contributed by atoms with Gasteiger partial charge in [0.1, 0.15) is 6.10 Å². The predicted octanol–water partition coefficient (Wildman–Crippen LogP) is 6.43. The molecule has 3 nitrogen and oxygen atoms in total.